The summed E-state index contributed by atoms with van der Waals surface area (Å²) in [6.45, 7) is 4.94. The van der Waals surface area contributed by atoms with Crippen LogP contribution >= 0.6 is 0 Å². The maximum Gasteiger partial charge on any atom is 0.296 e. The molecule has 2 amide bonds. The van der Waals surface area contributed by atoms with E-state index in [0.717, 1.165) is 12.0 Å². The molecule has 122 valence electrons. The van der Waals surface area contributed by atoms with Crippen LogP contribution in [0.25, 0.3) is 0 Å². The quantitative estimate of drug-likeness (QED) is 0.859. The summed E-state index contributed by atoms with van der Waals surface area (Å²) in [6.07, 6.45) is 1.83. The predicted molar refractivity (Wildman–Crippen MR) is 84.7 cm³/mol. The van der Waals surface area contributed by atoms with Crippen molar-refractivity contribution in [3.63, 3.8) is 0 Å². The molecule has 0 aromatic heterocycles. The molecule has 1 unspecified atom stereocenters. The Labute approximate surface area is 134 Å². The molecule has 2 heterocycles. The fourth-order valence-corrected chi connectivity index (χ4v) is 3.26. The summed E-state index contributed by atoms with van der Waals surface area (Å²) >= 11 is 0. The van der Waals surface area contributed by atoms with Crippen molar-refractivity contribution in [2.75, 3.05) is 18.5 Å². The first-order valence-corrected chi connectivity index (χ1v) is 8.00. The lowest BCUT2D eigenvalue weighted by atomic mass is 9.94. The van der Waals surface area contributed by atoms with Gasteiger partial charge in [-0.15, -0.1) is 0 Å². The molecule has 23 heavy (non-hydrogen) atoms. The van der Waals surface area contributed by atoms with Gasteiger partial charge in [0.1, 0.15) is 12.4 Å². The van der Waals surface area contributed by atoms with Crippen molar-refractivity contribution in [1.29, 1.82) is 0 Å². The van der Waals surface area contributed by atoms with E-state index in [-0.39, 0.29) is 11.9 Å². The highest BCUT2D eigenvalue weighted by molar-refractivity contribution is 6.52. The lowest BCUT2D eigenvalue weighted by Gasteiger charge is -2.35. The average Bonchev–Trinajstić information content (AvgIpc) is 2.86. The van der Waals surface area contributed by atoms with Crippen LogP contribution in [0.3, 0.4) is 0 Å². The van der Waals surface area contributed by atoms with Crippen LogP contribution in [0.4, 0.5) is 5.69 Å². The first-order chi connectivity index (χ1) is 11.1. The minimum Gasteiger partial charge on any atom is -0.491 e. The van der Waals surface area contributed by atoms with Crippen LogP contribution in [0.1, 0.15) is 42.6 Å². The molecule has 0 fully saturated rings. The molecule has 0 saturated heterocycles. The lowest BCUT2D eigenvalue weighted by molar-refractivity contribution is -0.134. The van der Waals surface area contributed by atoms with Gasteiger partial charge in [-0.05, 0) is 18.6 Å². The van der Waals surface area contributed by atoms with E-state index in [1.54, 1.807) is 12.1 Å². The Balaban J connectivity index is 1.94. The molecule has 0 radical (unpaired) electrons. The van der Waals surface area contributed by atoms with E-state index in [0.29, 0.717) is 43.0 Å². The van der Waals surface area contributed by atoms with Gasteiger partial charge in [-0.3, -0.25) is 14.4 Å². The second-order valence-corrected chi connectivity index (χ2v) is 5.86. The van der Waals surface area contributed by atoms with Gasteiger partial charge in [-0.25, -0.2) is 0 Å². The Kier molecular flexibility index (Phi) is 4.07. The van der Waals surface area contributed by atoms with Crippen LogP contribution < -0.4 is 10.1 Å². The Bertz CT molecular complexity index is 683. The Hall–Kier alpha value is -2.37. The lowest BCUT2D eigenvalue weighted by Crippen LogP contribution is -2.47. The second-order valence-electron chi connectivity index (χ2n) is 5.86. The zero-order valence-electron chi connectivity index (χ0n) is 13.3. The van der Waals surface area contributed by atoms with Crippen molar-refractivity contribution in [2.45, 2.75) is 39.2 Å². The number of carbonyl (C=O) groups is 3. The third kappa shape index (κ3) is 2.58. The first kappa shape index (κ1) is 15.5. The highest BCUT2D eigenvalue weighted by Crippen LogP contribution is 2.37. The van der Waals surface area contributed by atoms with E-state index in [1.165, 1.54) is 0 Å². The van der Waals surface area contributed by atoms with Crippen LogP contribution in [0.2, 0.25) is 0 Å². The Morgan fingerprint density at radius 3 is 2.83 bits per heavy atom. The molecular formula is C17H20N2O4. The Morgan fingerprint density at radius 2 is 2.13 bits per heavy atom. The molecule has 0 aliphatic carbocycles. The SMILES string of the molecule is CCCN(C(=O)CC)C1COc2ccc3c(c2C1)C(=O)C(=O)N3. The number of nitrogens with one attached hydrogen (secondary N) is 1. The zero-order valence-corrected chi connectivity index (χ0v) is 13.3. The number of Topliss-reactive ketones (excluding diaryl/α,β-unsaturated/α-hetero) is 1. The molecule has 1 aromatic rings. The van der Waals surface area contributed by atoms with Crippen LogP contribution in [-0.4, -0.2) is 41.7 Å². The van der Waals surface area contributed by atoms with Crippen LogP contribution in [0, 0.1) is 0 Å². The zero-order chi connectivity index (χ0) is 16.6. The summed E-state index contributed by atoms with van der Waals surface area (Å²) in [5.74, 6) is -0.419. The topological polar surface area (TPSA) is 75.7 Å². The maximum atomic E-state index is 12.2. The number of hydrogen-bond acceptors (Lipinski definition) is 4. The number of ether oxygens (including phenoxy) is 1. The summed E-state index contributed by atoms with van der Waals surface area (Å²) in [6, 6.07) is 3.36. The molecule has 1 N–H and O–H groups in total. The van der Waals surface area contributed by atoms with Gasteiger partial charge in [0.25, 0.3) is 11.7 Å². The minimum atomic E-state index is -0.606. The molecule has 6 heteroatoms. The average molecular weight is 316 g/mol. The minimum absolute atomic E-state index is 0.0806. The molecule has 1 aromatic carbocycles. The predicted octanol–water partition coefficient (Wildman–Crippen LogP) is 1.77. The van der Waals surface area contributed by atoms with E-state index >= 15 is 0 Å². The third-order valence-corrected chi connectivity index (χ3v) is 4.35. The van der Waals surface area contributed by atoms with Gasteiger partial charge >= 0.3 is 0 Å². The number of rotatable bonds is 4. The highest BCUT2D eigenvalue weighted by Gasteiger charge is 2.36. The van der Waals surface area contributed by atoms with E-state index in [2.05, 4.69) is 5.32 Å². The van der Waals surface area contributed by atoms with Gasteiger partial charge in [0.05, 0.1) is 17.3 Å². The number of hydrogen-bond donors (Lipinski definition) is 1. The van der Waals surface area contributed by atoms with Gasteiger partial charge in [0.15, 0.2) is 0 Å². The van der Waals surface area contributed by atoms with Gasteiger partial charge in [-0.2, -0.15) is 0 Å². The maximum absolute atomic E-state index is 12.2. The van der Waals surface area contributed by atoms with Gasteiger partial charge in [0.2, 0.25) is 5.91 Å². The number of amides is 2. The summed E-state index contributed by atoms with van der Waals surface area (Å²) in [5, 5.41) is 2.58. The fraction of sp³-hybridized carbons (Fsp3) is 0.471. The molecule has 1 atom stereocenters. The van der Waals surface area contributed by atoms with E-state index < -0.39 is 11.7 Å². The third-order valence-electron chi connectivity index (χ3n) is 4.35. The van der Waals surface area contributed by atoms with Crippen molar-refractivity contribution in [3.8, 4) is 5.75 Å². The van der Waals surface area contributed by atoms with Crippen molar-refractivity contribution >= 4 is 23.3 Å². The van der Waals surface area contributed by atoms with Crippen LogP contribution in [-0.2, 0) is 16.0 Å². The van der Waals surface area contributed by atoms with E-state index in [4.69, 9.17) is 4.74 Å². The smallest absolute Gasteiger partial charge is 0.296 e. The second kappa shape index (κ2) is 6.02. The van der Waals surface area contributed by atoms with Gasteiger partial charge in [0, 0.05) is 24.9 Å². The van der Waals surface area contributed by atoms with E-state index in [1.807, 2.05) is 18.7 Å². The normalized spacial score (nSPS) is 18.8. The molecule has 3 rings (SSSR count). The van der Waals surface area contributed by atoms with Gasteiger partial charge in [-0.1, -0.05) is 13.8 Å². The number of carbonyl (C=O) groups excluding carboxylic acids is 3. The first-order valence-electron chi connectivity index (χ1n) is 8.00. The molecule has 0 saturated carbocycles. The summed E-state index contributed by atoms with van der Waals surface area (Å²) < 4.78 is 5.78. The number of nitrogens with zero attached hydrogens (tertiary/aromatic N) is 1. The molecule has 6 nitrogen and oxygen atoms in total. The highest BCUT2D eigenvalue weighted by atomic mass is 16.5. The molecule has 0 bridgehead atoms. The molecule has 0 spiro atoms. The van der Waals surface area contributed by atoms with Crippen LogP contribution in [0.5, 0.6) is 5.75 Å². The van der Waals surface area contributed by atoms with Crippen molar-refractivity contribution < 1.29 is 19.1 Å². The number of ketones is 1. The fourth-order valence-electron chi connectivity index (χ4n) is 3.26. The molecule has 2 aliphatic heterocycles. The summed E-state index contributed by atoms with van der Waals surface area (Å²) in [5.41, 5.74) is 1.66. The number of anilines is 1. The molecular weight excluding hydrogens is 296 g/mol. The largest absolute Gasteiger partial charge is 0.491 e. The molecule has 2 aliphatic rings. The van der Waals surface area contributed by atoms with E-state index in [9.17, 15) is 14.4 Å². The van der Waals surface area contributed by atoms with Crippen molar-refractivity contribution in [1.82, 2.24) is 4.90 Å². The monoisotopic (exact) mass is 316 g/mol. The number of fused-ring (bicyclic) bond motifs is 3. The summed E-state index contributed by atoms with van der Waals surface area (Å²) in [4.78, 5) is 37.8. The van der Waals surface area contributed by atoms with Gasteiger partial charge < -0.3 is 15.0 Å². The van der Waals surface area contributed by atoms with Crippen molar-refractivity contribution in [3.05, 3.63) is 23.3 Å². The van der Waals surface area contributed by atoms with Crippen molar-refractivity contribution in [2.24, 2.45) is 0 Å². The summed E-state index contributed by atoms with van der Waals surface area (Å²) in [7, 11) is 0. The van der Waals surface area contributed by atoms with Crippen LogP contribution in [0.15, 0.2) is 12.1 Å². The standard InChI is InChI=1S/C17H20N2O4/c1-3-7-19(14(20)4-2)10-8-11-13(23-9-10)6-5-12-15(11)16(21)17(22)18-12/h5-6,10H,3-4,7-9H2,1-2H3,(H,18,21,22). The number of benzene rings is 1. The Morgan fingerprint density at radius 1 is 1.35 bits per heavy atom.